The van der Waals surface area contributed by atoms with Crippen molar-refractivity contribution in [1.82, 2.24) is 0 Å². The van der Waals surface area contributed by atoms with Gasteiger partial charge in [-0.1, -0.05) is 32.0 Å². The number of hydrogen-bond donors (Lipinski definition) is 2. The zero-order chi connectivity index (χ0) is 12.0. The van der Waals surface area contributed by atoms with E-state index >= 15 is 0 Å². The van der Waals surface area contributed by atoms with Crippen LogP contribution in [0.4, 0.5) is 0 Å². The molecule has 0 aliphatic heterocycles. The molecule has 0 aromatic carbocycles. The molecular formula is C9H17ClO4. The Morgan fingerprint density at radius 3 is 1.57 bits per heavy atom. The second-order valence-corrected chi connectivity index (χ2v) is 2.35. The summed E-state index contributed by atoms with van der Waals surface area (Å²) in [5, 5.41) is 15.6. The lowest BCUT2D eigenvalue weighted by Crippen LogP contribution is -1.90. The van der Waals surface area contributed by atoms with E-state index in [1.54, 1.807) is 6.92 Å². The summed E-state index contributed by atoms with van der Waals surface area (Å²) >= 11 is 4.76. The molecule has 0 atom stereocenters. The third-order valence-electron chi connectivity index (χ3n) is 0.766. The Morgan fingerprint density at radius 2 is 1.57 bits per heavy atom. The molecule has 5 heteroatoms. The van der Waals surface area contributed by atoms with E-state index in [4.69, 9.17) is 21.8 Å². The van der Waals surface area contributed by atoms with Crippen molar-refractivity contribution < 1.29 is 19.8 Å². The summed E-state index contributed by atoms with van der Waals surface area (Å²) in [6.07, 6.45) is 1.25. The van der Waals surface area contributed by atoms with Crippen LogP contribution < -0.4 is 0 Å². The molecule has 0 aliphatic carbocycles. The van der Waals surface area contributed by atoms with Crippen LogP contribution in [-0.2, 0) is 9.59 Å². The van der Waals surface area contributed by atoms with Crippen molar-refractivity contribution in [1.29, 1.82) is 0 Å². The summed E-state index contributed by atoms with van der Waals surface area (Å²) in [5.74, 6) is -1.46. The van der Waals surface area contributed by atoms with Gasteiger partial charge < -0.3 is 10.2 Å². The topological polar surface area (TPSA) is 74.6 Å². The number of halogens is 1. The molecule has 0 unspecified atom stereocenters. The van der Waals surface area contributed by atoms with Gasteiger partial charge in [0, 0.05) is 12.8 Å². The minimum absolute atomic E-state index is 0.222. The third kappa shape index (κ3) is 69.2. The van der Waals surface area contributed by atoms with Gasteiger partial charge in [-0.25, -0.2) is 0 Å². The van der Waals surface area contributed by atoms with E-state index in [0.29, 0.717) is 6.42 Å². The molecule has 0 saturated carbocycles. The fourth-order valence-electron chi connectivity index (χ4n) is 0.214. The van der Waals surface area contributed by atoms with E-state index in [1.165, 1.54) is 5.54 Å². The maximum Gasteiger partial charge on any atom is 0.303 e. The minimum Gasteiger partial charge on any atom is -0.481 e. The molecule has 0 saturated heterocycles. The highest BCUT2D eigenvalue weighted by Crippen LogP contribution is 1.82. The smallest absolute Gasteiger partial charge is 0.303 e. The summed E-state index contributed by atoms with van der Waals surface area (Å²) in [5.41, 5.74) is 1.22. The minimum atomic E-state index is -0.745. The SMILES string of the molecule is C=CCl.CCC(=O)O.CCCC(=O)O. The van der Waals surface area contributed by atoms with E-state index in [2.05, 4.69) is 6.58 Å². The number of carbonyl (C=O) groups is 2. The van der Waals surface area contributed by atoms with E-state index in [9.17, 15) is 9.59 Å². The number of carboxylic acids is 2. The Hall–Kier alpha value is -1.03. The molecule has 0 aromatic heterocycles. The Bertz CT molecular complexity index is 157. The van der Waals surface area contributed by atoms with Gasteiger partial charge in [0.05, 0.1) is 0 Å². The standard InChI is InChI=1S/C4H8O2.C3H6O2.C2H3Cl/c1-2-3-4(5)6;1-2-3(4)5;1-2-3/h2-3H2,1H3,(H,5,6);2H2,1H3,(H,4,5);2H,1H2. The fraction of sp³-hybridized carbons (Fsp3) is 0.556. The molecule has 0 bridgehead atoms. The van der Waals surface area contributed by atoms with E-state index in [1.807, 2.05) is 6.92 Å². The Labute approximate surface area is 89.2 Å². The first kappa shape index (κ1) is 18.7. The van der Waals surface area contributed by atoms with E-state index in [0.717, 1.165) is 6.42 Å². The molecule has 14 heavy (non-hydrogen) atoms. The molecule has 0 heterocycles. The van der Waals surface area contributed by atoms with Crippen molar-refractivity contribution in [2.45, 2.75) is 33.1 Å². The van der Waals surface area contributed by atoms with Crippen LogP contribution in [0.5, 0.6) is 0 Å². The molecule has 0 spiro atoms. The Balaban J connectivity index is -0.000000138. The van der Waals surface area contributed by atoms with Gasteiger partial charge in [0.25, 0.3) is 0 Å². The third-order valence-corrected chi connectivity index (χ3v) is 0.766. The second kappa shape index (κ2) is 17.9. The van der Waals surface area contributed by atoms with Crippen LogP contribution in [0.15, 0.2) is 12.1 Å². The molecule has 0 rings (SSSR count). The van der Waals surface area contributed by atoms with Gasteiger partial charge in [-0.3, -0.25) is 9.59 Å². The monoisotopic (exact) mass is 224 g/mol. The van der Waals surface area contributed by atoms with Crippen LogP contribution in [-0.4, -0.2) is 22.2 Å². The van der Waals surface area contributed by atoms with Crippen LogP contribution >= 0.6 is 11.6 Å². The first-order chi connectivity index (χ1) is 6.45. The maximum absolute atomic E-state index is 9.60. The van der Waals surface area contributed by atoms with E-state index in [-0.39, 0.29) is 6.42 Å². The van der Waals surface area contributed by atoms with Crippen molar-refractivity contribution >= 4 is 23.5 Å². The number of hydrogen-bond acceptors (Lipinski definition) is 2. The first-order valence-electron chi connectivity index (χ1n) is 4.10. The quantitative estimate of drug-likeness (QED) is 0.773. The van der Waals surface area contributed by atoms with Gasteiger partial charge >= 0.3 is 11.9 Å². The fourth-order valence-corrected chi connectivity index (χ4v) is 0.214. The van der Waals surface area contributed by atoms with Gasteiger partial charge in [0.15, 0.2) is 0 Å². The van der Waals surface area contributed by atoms with Crippen LogP contribution in [0, 0.1) is 0 Å². The van der Waals surface area contributed by atoms with Gasteiger partial charge in [0.1, 0.15) is 0 Å². The average Bonchev–Trinajstić information content (AvgIpc) is 2.06. The lowest BCUT2D eigenvalue weighted by Gasteiger charge is -1.79. The highest BCUT2D eigenvalue weighted by Gasteiger charge is 1.87. The van der Waals surface area contributed by atoms with Gasteiger partial charge in [-0.15, -0.1) is 0 Å². The maximum atomic E-state index is 9.60. The molecule has 2 N–H and O–H groups in total. The molecule has 0 radical (unpaired) electrons. The van der Waals surface area contributed by atoms with Crippen molar-refractivity contribution in [3.8, 4) is 0 Å². The molecule has 0 fully saturated rings. The zero-order valence-corrected chi connectivity index (χ0v) is 9.25. The van der Waals surface area contributed by atoms with Crippen molar-refractivity contribution in [2.75, 3.05) is 0 Å². The van der Waals surface area contributed by atoms with Crippen molar-refractivity contribution in [3.05, 3.63) is 12.1 Å². The van der Waals surface area contributed by atoms with E-state index < -0.39 is 11.9 Å². The largest absolute Gasteiger partial charge is 0.481 e. The van der Waals surface area contributed by atoms with Crippen LogP contribution in [0.3, 0.4) is 0 Å². The lowest BCUT2D eigenvalue weighted by molar-refractivity contribution is -0.137. The summed E-state index contributed by atoms with van der Waals surface area (Å²) in [6.45, 7) is 6.57. The lowest BCUT2D eigenvalue weighted by atomic mass is 10.4. The summed E-state index contributed by atoms with van der Waals surface area (Å²) in [7, 11) is 0. The Morgan fingerprint density at radius 1 is 1.29 bits per heavy atom. The summed E-state index contributed by atoms with van der Waals surface area (Å²) < 4.78 is 0. The molecule has 0 amide bonds. The normalized spacial score (nSPS) is 7.07. The van der Waals surface area contributed by atoms with Gasteiger partial charge in [-0.2, -0.15) is 0 Å². The van der Waals surface area contributed by atoms with Crippen LogP contribution in [0.1, 0.15) is 33.1 Å². The second-order valence-electron chi connectivity index (χ2n) is 2.05. The Kier molecular flexibility index (Phi) is 23.9. The first-order valence-corrected chi connectivity index (χ1v) is 4.54. The molecule has 84 valence electrons. The highest BCUT2D eigenvalue weighted by atomic mass is 35.5. The number of carboxylic acid groups (broad SMARTS) is 2. The van der Waals surface area contributed by atoms with Gasteiger partial charge in [0.2, 0.25) is 0 Å². The average molecular weight is 225 g/mol. The number of rotatable bonds is 3. The van der Waals surface area contributed by atoms with Crippen molar-refractivity contribution in [3.63, 3.8) is 0 Å². The number of aliphatic carboxylic acids is 2. The van der Waals surface area contributed by atoms with Crippen LogP contribution in [0.25, 0.3) is 0 Å². The molecule has 0 aromatic rings. The van der Waals surface area contributed by atoms with Crippen LogP contribution in [0.2, 0.25) is 0 Å². The summed E-state index contributed by atoms with van der Waals surface area (Å²) in [6, 6.07) is 0. The predicted octanol–water partition coefficient (Wildman–Crippen LogP) is 2.72. The molecular weight excluding hydrogens is 208 g/mol. The molecule has 0 aliphatic rings. The highest BCUT2D eigenvalue weighted by molar-refractivity contribution is 6.25. The van der Waals surface area contributed by atoms with Crippen molar-refractivity contribution in [2.24, 2.45) is 0 Å². The van der Waals surface area contributed by atoms with Gasteiger partial charge in [-0.05, 0) is 12.0 Å². The zero-order valence-electron chi connectivity index (χ0n) is 8.49. The summed E-state index contributed by atoms with van der Waals surface area (Å²) in [4.78, 5) is 19.0. The molecule has 4 nitrogen and oxygen atoms in total. The predicted molar refractivity (Wildman–Crippen MR) is 56.5 cm³/mol.